The highest BCUT2D eigenvalue weighted by Gasteiger charge is 2.41. The highest BCUT2D eigenvalue weighted by Crippen LogP contribution is 2.41. The van der Waals surface area contributed by atoms with Crippen LogP contribution in [-0.4, -0.2) is 12.2 Å². The summed E-state index contributed by atoms with van der Waals surface area (Å²) in [4.78, 5) is 0. The molecule has 0 aliphatic heterocycles. The lowest BCUT2D eigenvalue weighted by Gasteiger charge is -2.35. The van der Waals surface area contributed by atoms with Crippen molar-refractivity contribution in [2.75, 3.05) is 6.61 Å². The third kappa shape index (κ3) is 2.54. The van der Waals surface area contributed by atoms with E-state index in [0.717, 1.165) is 31.7 Å². The summed E-state index contributed by atoms with van der Waals surface area (Å²) >= 11 is 0. The standard InChI is InChI=1S/C14H19F2NO/c1-2-18-14(5-3-4-6-14)13(17)10-7-11(15)9-12(16)8-10/h7-9,13H,2-6,17H2,1H3. The molecular formula is C14H19F2NO. The van der Waals surface area contributed by atoms with Crippen LogP contribution in [0.25, 0.3) is 0 Å². The zero-order valence-electron chi connectivity index (χ0n) is 10.6. The first-order chi connectivity index (χ1) is 8.57. The molecule has 100 valence electrons. The molecule has 0 bridgehead atoms. The summed E-state index contributed by atoms with van der Waals surface area (Å²) in [6.45, 7) is 2.48. The minimum absolute atomic E-state index is 0.463. The van der Waals surface area contributed by atoms with Crippen molar-refractivity contribution < 1.29 is 13.5 Å². The maximum absolute atomic E-state index is 13.2. The van der Waals surface area contributed by atoms with Gasteiger partial charge in [0.2, 0.25) is 0 Å². The first-order valence-corrected chi connectivity index (χ1v) is 6.43. The Balaban J connectivity index is 2.30. The van der Waals surface area contributed by atoms with E-state index in [1.54, 1.807) is 0 Å². The Morgan fingerprint density at radius 2 is 1.78 bits per heavy atom. The molecule has 0 spiro atoms. The largest absolute Gasteiger partial charge is 0.373 e. The van der Waals surface area contributed by atoms with Gasteiger partial charge in [-0.1, -0.05) is 12.8 Å². The topological polar surface area (TPSA) is 35.2 Å². The molecule has 0 radical (unpaired) electrons. The summed E-state index contributed by atoms with van der Waals surface area (Å²) in [7, 11) is 0. The minimum Gasteiger partial charge on any atom is -0.373 e. The molecule has 4 heteroatoms. The molecule has 0 saturated heterocycles. The van der Waals surface area contributed by atoms with E-state index < -0.39 is 23.3 Å². The van der Waals surface area contributed by atoms with Gasteiger partial charge in [0.15, 0.2) is 0 Å². The van der Waals surface area contributed by atoms with Gasteiger partial charge in [-0.25, -0.2) is 8.78 Å². The van der Waals surface area contributed by atoms with Crippen molar-refractivity contribution >= 4 is 0 Å². The van der Waals surface area contributed by atoms with E-state index in [1.807, 2.05) is 6.92 Å². The molecule has 1 aromatic carbocycles. The molecule has 0 amide bonds. The first-order valence-electron chi connectivity index (χ1n) is 6.43. The van der Waals surface area contributed by atoms with E-state index in [1.165, 1.54) is 12.1 Å². The first kappa shape index (κ1) is 13.4. The average molecular weight is 255 g/mol. The molecule has 1 aromatic rings. The Hall–Kier alpha value is -1.00. The van der Waals surface area contributed by atoms with Crippen LogP contribution in [0.4, 0.5) is 8.78 Å². The summed E-state index contributed by atoms with van der Waals surface area (Å²) in [5.41, 5.74) is 6.21. The fourth-order valence-electron chi connectivity index (χ4n) is 2.86. The molecule has 2 rings (SSSR count). The number of halogens is 2. The van der Waals surface area contributed by atoms with Crippen LogP contribution < -0.4 is 5.73 Å². The monoisotopic (exact) mass is 255 g/mol. The summed E-state index contributed by atoms with van der Waals surface area (Å²) in [5, 5.41) is 0. The number of benzene rings is 1. The van der Waals surface area contributed by atoms with E-state index in [0.29, 0.717) is 12.2 Å². The molecule has 1 atom stereocenters. The summed E-state index contributed by atoms with van der Waals surface area (Å²) in [6.07, 6.45) is 3.79. The quantitative estimate of drug-likeness (QED) is 0.895. The summed E-state index contributed by atoms with van der Waals surface area (Å²) < 4.78 is 32.3. The molecule has 18 heavy (non-hydrogen) atoms. The molecule has 2 nitrogen and oxygen atoms in total. The van der Waals surface area contributed by atoms with Crippen molar-refractivity contribution in [1.29, 1.82) is 0 Å². The Bertz CT molecular complexity index is 396. The van der Waals surface area contributed by atoms with Crippen LogP contribution in [0.15, 0.2) is 18.2 Å². The average Bonchev–Trinajstić information content (AvgIpc) is 2.77. The van der Waals surface area contributed by atoms with Crippen molar-refractivity contribution in [3.8, 4) is 0 Å². The predicted molar refractivity (Wildman–Crippen MR) is 66.1 cm³/mol. The Kier molecular flexibility index (Phi) is 3.97. The van der Waals surface area contributed by atoms with Gasteiger partial charge in [-0.3, -0.25) is 0 Å². The number of rotatable bonds is 4. The van der Waals surface area contributed by atoms with E-state index in [2.05, 4.69) is 0 Å². The molecular weight excluding hydrogens is 236 g/mol. The third-order valence-corrected chi connectivity index (χ3v) is 3.69. The van der Waals surface area contributed by atoms with Crippen LogP contribution in [0.3, 0.4) is 0 Å². The number of hydrogen-bond acceptors (Lipinski definition) is 2. The van der Waals surface area contributed by atoms with E-state index in [-0.39, 0.29) is 0 Å². The Morgan fingerprint density at radius 1 is 1.22 bits per heavy atom. The zero-order valence-corrected chi connectivity index (χ0v) is 10.6. The lowest BCUT2D eigenvalue weighted by Crippen LogP contribution is -2.41. The Morgan fingerprint density at radius 3 is 2.28 bits per heavy atom. The molecule has 1 saturated carbocycles. The van der Waals surface area contributed by atoms with Crippen LogP contribution in [-0.2, 0) is 4.74 Å². The van der Waals surface area contributed by atoms with Crippen LogP contribution >= 0.6 is 0 Å². The van der Waals surface area contributed by atoms with Crippen molar-refractivity contribution in [3.05, 3.63) is 35.4 Å². The predicted octanol–water partition coefficient (Wildman–Crippen LogP) is 3.31. The van der Waals surface area contributed by atoms with Gasteiger partial charge in [0.25, 0.3) is 0 Å². The van der Waals surface area contributed by atoms with Crippen LogP contribution in [0.2, 0.25) is 0 Å². The second-order valence-electron chi connectivity index (χ2n) is 4.89. The highest BCUT2D eigenvalue weighted by atomic mass is 19.1. The van der Waals surface area contributed by atoms with Crippen molar-refractivity contribution in [1.82, 2.24) is 0 Å². The van der Waals surface area contributed by atoms with Gasteiger partial charge >= 0.3 is 0 Å². The van der Waals surface area contributed by atoms with E-state index >= 15 is 0 Å². The van der Waals surface area contributed by atoms with Crippen LogP contribution in [0.1, 0.15) is 44.2 Å². The van der Waals surface area contributed by atoms with Gasteiger partial charge in [-0.05, 0) is 37.5 Å². The van der Waals surface area contributed by atoms with Gasteiger partial charge in [0.1, 0.15) is 11.6 Å². The molecule has 1 fully saturated rings. The fraction of sp³-hybridized carbons (Fsp3) is 0.571. The van der Waals surface area contributed by atoms with Gasteiger partial charge in [0.05, 0.1) is 11.6 Å². The molecule has 1 unspecified atom stereocenters. The summed E-state index contributed by atoms with van der Waals surface area (Å²) in [6, 6.07) is 2.97. The number of hydrogen-bond donors (Lipinski definition) is 1. The van der Waals surface area contributed by atoms with E-state index in [4.69, 9.17) is 10.5 Å². The van der Waals surface area contributed by atoms with Gasteiger partial charge in [0, 0.05) is 12.7 Å². The fourth-order valence-corrected chi connectivity index (χ4v) is 2.86. The smallest absolute Gasteiger partial charge is 0.126 e. The Labute approximate surface area is 106 Å². The lowest BCUT2D eigenvalue weighted by molar-refractivity contribution is -0.0537. The van der Waals surface area contributed by atoms with Gasteiger partial charge < -0.3 is 10.5 Å². The second-order valence-corrected chi connectivity index (χ2v) is 4.89. The molecule has 0 heterocycles. The molecule has 1 aliphatic rings. The lowest BCUT2D eigenvalue weighted by atomic mass is 9.87. The van der Waals surface area contributed by atoms with Crippen molar-refractivity contribution in [3.63, 3.8) is 0 Å². The normalized spacial score (nSPS) is 20.0. The van der Waals surface area contributed by atoms with E-state index in [9.17, 15) is 8.78 Å². The number of nitrogens with two attached hydrogens (primary N) is 1. The maximum atomic E-state index is 13.2. The van der Waals surface area contributed by atoms with Crippen molar-refractivity contribution in [2.45, 2.75) is 44.2 Å². The molecule has 1 aliphatic carbocycles. The number of ether oxygens (including phenoxy) is 1. The highest BCUT2D eigenvalue weighted by molar-refractivity contribution is 5.24. The van der Waals surface area contributed by atoms with Gasteiger partial charge in [-0.2, -0.15) is 0 Å². The summed E-state index contributed by atoms with van der Waals surface area (Å²) in [5.74, 6) is -1.19. The van der Waals surface area contributed by atoms with Crippen LogP contribution in [0.5, 0.6) is 0 Å². The maximum Gasteiger partial charge on any atom is 0.126 e. The van der Waals surface area contributed by atoms with Crippen LogP contribution in [0, 0.1) is 11.6 Å². The van der Waals surface area contributed by atoms with Gasteiger partial charge in [-0.15, -0.1) is 0 Å². The third-order valence-electron chi connectivity index (χ3n) is 3.69. The molecule has 2 N–H and O–H groups in total. The zero-order chi connectivity index (χ0) is 13.2. The minimum atomic E-state index is -0.593. The SMILES string of the molecule is CCOC1(C(N)c2cc(F)cc(F)c2)CCCC1. The molecule has 0 aromatic heterocycles. The van der Waals surface area contributed by atoms with Crippen molar-refractivity contribution in [2.24, 2.45) is 5.73 Å². The second kappa shape index (κ2) is 5.33.